The molecule has 0 radical (unpaired) electrons. The summed E-state index contributed by atoms with van der Waals surface area (Å²) in [4.78, 5) is 39.7. The van der Waals surface area contributed by atoms with Gasteiger partial charge >= 0.3 is 12.2 Å². The molecule has 2 aromatic carbocycles. The smallest absolute Gasteiger partial charge is 0.421 e. The summed E-state index contributed by atoms with van der Waals surface area (Å²) in [7, 11) is 5.03. The molecule has 13 heteroatoms. The number of anilines is 4. The minimum atomic E-state index is -4.69. The minimum Gasteiger partial charge on any atom is -0.494 e. The molecule has 1 aromatic heterocycles. The number of benzene rings is 2. The number of alkyl halides is 3. The molecule has 3 unspecified atom stereocenters. The van der Waals surface area contributed by atoms with E-state index in [9.17, 15) is 22.8 Å². The molecule has 0 saturated carbocycles. The minimum absolute atomic E-state index is 0.0110. The van der Waals surface area contributed by atoms with Gasteiger partial charge in [-0.1, -0.05) is 25.1 Å². The SMILES string of the molecule is CCC1CC(=O)C(C)(C)c2c(CNc3nc(Nc4ccc(N5CC6CC5CN6C(=O)N(C)C)cc4OC)ncc3C(F)(F)F)cccc21. The van der Waals surface area contributed by atoms with Crippen LogP contribution in [0, 0.1) is 0 Å². The molecule has 256 valence electrons. The zero-order valence-electron chi connectivity index (χ0n) is 28.1. The van der Waals surface area contributed by atoms with Gasteiger partial charge in [0.05, 0.1) is 18.8 Å². The van der Waals surface area contributed by atoms with E-state index < -0.39 is 17.2 Å². The van der Waals surface area contributed by atoms with Crippen molar-refractivity contribution in [2.45, 2.75) is 76.2 Å². The molecular weight excluding hydrogens is 623 g/mol. The average Bonchev–Trinajstić information content (AvgIpc) is 3.66. The number of rotatable bonds is 8. The lowest BCUT2D eigenvalue weighted by Gasteiger charge is -2.37. The number of ether oxygens (including phenoxy) is 1. The maximum atomic E-state index is 14.1. The van der Waals surface area contributed by atoms with Crippen LogP contribution in [0.5, 0.6) is 5.75 Å². The third-order valence-corrected chi connectivity index (χ3v) is 10.0. The van der Waals surface area contributed by atoms with Gasteiger partial charge in [-0.2, -0.15) is 18.2 Å². The molecule has 2 aliphatic heterocycles. The number of nitrogens with zero attached hydrogens (tertiary/aromatic N) is 5. The molecule has 2 saturated heterocycles. The molecule has 10 nitrogen and oxygen atoms in total. The predicted molar refractivity (Wildman–Crippen MR) is 178 cm³/mol. The third kappa shape index (κ3) is 5.99. The van der Waals surface area contributed by atoms with Crippen molar-refractivity contribution in [1.29, 1.82) is 0 Å². The molecule has 6 rings (SSSR count). The Hall–Kier alpha value is -4.55. The van der Waals surface area contributed by atoms with Gasteiger partial charge in [0.1, 0.15) is 22.9 Å². The largest absolute Gasteiger partial charge is 0.494 e. The van der Waals surface area contributed by atoms with E-state index in [0.29, 0.717) is 30.9 Å². The number of ketones is 1. The first-order valence-electron chi connectivity index (χ1n) is 16.3. The summed E-state index contributed by atoms with van der Waals surface area (Å²) in [6.45, 7) is 7.18. The molecule has 48 heavy (non-hydrogen) atoms. The van der Waals surface area contributed by atoms with Gasteiger partial charge in [0.25, 0.3) is 0 Å². The number of hydrogen-bond donors (Lipinski definition) is 2. The van der Waals surface area contributed by atoms with Gasteiger partial charge in [0.15, 0.2) is 0 Å². The number of nitrogens with one attached hydrogen (secondary N) is 2. The van der Waals surface area contributed by atoms with E-state index in [1.165, 1.54) is 7.11 Å². The van der Waals surface area contributed by atoms with E-state index in [4.69, 9.17) is 4.74 Å². The topological polar surface area (TPSA) is 103 Å². The van der Waals surface area contributed by atoms with Crippen LogP contribution in [0.15, 0.2) is 42.6 Å². The Morgan fingerprint density at radius 2 is 1.92 bits per heavy atom. The van der Waals surface area contributed by atoms with Crippen LogP contribution in [0.3, 0.4) is 0 Å². The van der Waals surface area contributed by atoms with Crippen LogP contribution in [0.25, 0.3) is 0 Å². The molecule has 3 aromatic rings. The monoisotopic (exact) mass is 665 g/mol. The highest BCUT2D eigenvalue weighted by atomic mass is 19.4. The van der Waals surface area contributed by atoms with Crippen LogP contribution in [-0.2, 0) is 22.9 Å². The normalized spacial score (nSPS) is 21.3. The van der Waals surface area contributed by atoms with E-state index in [0.717, 1.165) is 41.4 Å². The van der Waals surface area contributed by atoms with Crippen molar-refractivity contribution in [3.63, 3.8) is 0 Å². The summed E-state index contributed by atoms with van der Waals surface area (Å²) in [6, 6.07) is 11.7. The number of amides is 2. The lowest BCUT2D eigenvalue weighted by Crippen LogP contribution is -2.51. The Bertz CT molecular complexity index is 1730. The van der Waals surface area contributed by atoms with Crippen molar-refractivity contribution in [2.75, 3.05) is 49.8 Å². The number of methoxy groups -OCH3 is 1. The van der Waals surface area contributed by atoms with Gasteiger partial charge in [0.2, 0.25) is 5.95 Å². The van der Waals surface area contributed by atoms with Gasteiger partial charge < -0.3 is 30.1 Å². The fourth-order valence-electron chi connectivity index (χ4n) is 7.48. The van der Waals surface area contributed by atoms with Crippen LogP contribution in [0.1, 0.15) is 68.2 Å². The Kier molecular flexibility index (Phi) is 8.67. The van der Waals surface area contributed by atoms with E-state index in [-0.39, 0.29) is 48.1 Å². The standard InChI is InChI=1S/C35H42F3N7O3/c1-7-20-13-29(46)34(2,3)30-21(9-8-10-25(20)30)16-39-31-26(35(36,37)38)17-40-32(42-31)41-27-12-11-22(15-28(27)48-6)44-18-24-14-23(44)19-45(24)33(47)43(4)5/h8-12,15,17,20,23-24H,7,13-14,16,18-19H2,1-6H3,(H2,39,40,41,42). The Morgan fingerprint density at radius 1 is 1.15 bits per heavy atom. The first kappa shape index (κ1) is 33.4. The van der Waals surface area contributed by atoms with Crippen LogP contribution >= 0.6 is 0 Å². The number of urea groups is 1. The third-order valence-electron chi connectivity index (χ3n) is 10.0. The summed E-state index contributed by atoms with van der Waals surface area (Å²) in [6.07, 6.45) is -1.80. The van der Waals surface area contributed by atoms with Crippen molar-refractivity contribution in [2.24, 2.45) is 0 Å². The van der Waals surface area contributed by atoms with Crippen LogP contribution < -0.4 is 20.3 Å². The lowest BCUT2D eigenvalue weighted by molar-refractivity contribution is -0.137. The molecule has 2 bridgehead atoms. The summed E-state index contributed by atoms with van der Waals surface area (Å²) < 4.78 is 48.0. The van der Waals surface area contributed by atoms with E-state index in [1.807, 2.05) is 56.0 Å². The highest BCUT2D eigenvalue weighted by Gasteiger charge is 2.46. The van der Waals surface area contributed by atoms with Crippen LogP contribution in [0.4, 0.5) is 41.1 Å². The molecule has 0 spiro atoms. The van der Waals surface area contributed by atoms with Crippen molar-refractivity contribution in [3.05, 3.63) is 64.8 Å². The quantitative estimate of drug-likeness (QED) is 0.280. The molecule has 3 heterocycles. The van der Waals surface area contributed by atoms with Gasteiger partial charge in [-0.15, -0.1) is 0 Å². The molecule has 2 fully saturated rings. The van der Waals surface area contributed by atoms with Gasteiger partial charge in [-0.3, -0.25) is 4.79 Å². The van der Waals surface area contributed by atoms with Crippen molar-refractivity contribution in [1.82, 2.24) is 19.8 Å². The van der Waals surface area contributed by atoms with E-state index in [1.54, 1.807) is 25.1 Å². The Morgan fingerprint density at radius 3 is 2.56 bits per heavy atom. The molecule has 2 N–H and O–H groups in total. The number of hydrogen-bond acceptors (Lipinski definition) is 8. The van der Waals surface area contributed by atoms with Crippen molar-refractivity contribution < 1.29 is 27.5 Å². The van der Waals surface area contributed by atoms with Crippen molar-refractivity contribution in [3.8, 4) is 5.75 Å². The average molecular weight is 666 g/mol. The summed E-state index contributed by atoms with van der Waals surface area (Å²) in [5.74, 6) is 0.265. The van der Waals surface area contributed by atoms with E-state index >= 15 is 0 Å². The molecule has 1 aliphatic carbocycles. The first-order chi connectivity index (χ1) is 22.7. The number of carbonyl (C=O) groups is 2. The molecule has 2 amide bonds. The second-order valence-corrected chi connectivity index (χ2v) is 13.6. The maximum Gasteiger partial charge on any atom is 0.421 e. The van der Waals surface area contributed by atoms with Gasteiger partial charge in [-0.05, 0) is 61.4 Å². The van der Waals surface area contributed by atoms with Gasteiger partial charge in [-0.25, -0.2) is 9.78 Å². The number of piperazine rings is 1. The molecule has 3 atom stereocenters. The number of carbonyl (C=O) groups excluding carboxylic acids is 2. The Balaban J connectivity index is 1.23. The fraction of sp³-hybridized carbons (Fsp3) is 0.486. The van der Waals surface area contributed by atoms with Crippen molar-refractivity contribution >= 4 is 35.0 Å². The highest BCUT2D eigenvalue weighted by molar-refractivity contribution is 5.92. The lowest BCUT2D eigenvalue weighted by atomic mass is 9.66. The van der Waals surface area contributed by atoms with E-state index in [2.05, 4.69) is 25.5 Å². The number of likely N-dealkylation sites (tertiary alicyclic amines) is 1. The maximum absolute atomic E-state index is 14.1. The molecule has 3 aliphatic rings. The fourth-order valence-corrected chi connectivity index (χ4v) is 7.48. The summed E-state index contributed by atoms with van der Waals surface area (Å²) in [5.41, 5.74) is 2.36. The Labute approximate surface area is 278 Å². The first-order valence-corrected chi connectivity index (χ1v) is 16.3. The highest BCUT2D eigenvalue weighted by Crippen LogP contribution is 2.44. The number of fused-ring (bicyclic) bond motifs is 3. The predicted octanol–water partition coefficient (Wildman–Crippen LogP) is 6.55. The second kappa shape index (κ2) is 12.5. The summed E-state index contributed by atoms with van der Waals surface area (Å²) in [5, 5.41) is 5.95. The number of aromatic nitrogens is 2. The van der Waals surface area contributed by atoms with Crippen LogP contribution in [0.2, 0.25) is 0 Å². The zero-order valence-corrected chi connectivity index (χ0v) is 28.1. The number of Topliss-reactive ketones (excluding diaryl/α,β-unsaturated/α-hetero) is 1. The zero-order chi connectivity index (χ0) is 34.5. The van der Waals surface area contributed by atoms with Crippen LogP contribution in [-0.4, -0.2) is 78.0 Å². The van der Waals surface area contributed by atoms with Gasteiger partial charge in [0, 0.05) is 69.6 Å². The summed E-state index contributed by atoms with van der Waals surface area (Å²) >= 11 is 0. The molecular formula is C35H42F3N7O3. The number of halogens is 3. The second-order valence-electron chi connectivity index (χ2n) is 13.6.